The molecule has 0 unspecified atom stereocenters. The summed E-state index contributed by atoms with van der Waals surface area (Å²) in [6.07, 6.45) is 6.23. The Kier molecular flexibility index (Phi) is 4.38. The van der Waals surface area contributed by atoms with Crippen molar-refractivity contribution in [1.29, 1.82) is 5.26 Å². The topological polar surface area (TPSA) is 113 Å². The van der Waals surface area contributed by atoms with Crippen LogP contribution in [-0.4, -0.2) is 33.8 Å². The number of furan rings is 1. The Balaban J connectivity index is 1.42. The van der Waals surface area contributed by atoms with Crippen molar-refractivity contribution in [3.05, 3.63) is 36.5 Å². The maximum absolute atomic E-state index is 12.4. The number of amides is 1. The van der Waals surface area contributed by atoms with Crippen molar-refractivity contribution < 1.29 is 13.6 Å². The largest absolute Gasteiger partial charge is 0.459 e. The fourth-order valence-electron chi connectivity index (χ4n) is 3.18. The van der Waals surface area contributed by atoms with Crippen molar-refractivity contribution in [2.75, 3.05) is 23.3 Å². The molecule has 0 atom stereocenters. The monoisotopic (exact) mass is 366 g/mol. The Hall–Kier alpha value is -3.54. The first-order valence-corrected chi connectivity index (χ1v) is 8.63. The van der Waals surface area contributed by atoms with Crippen LogP contribution in [0.3, 0.4) is 0 Å². The summed E-state index contributed by atoms with van der Waals surface area (Å²) in [5.74, 6) is 1.07. The molecule has 3 aromatic heterocycles. The molecule has 1 saturated heterocycles. The van der Waals surface area contributed by atoms with Crippen molar-refractivity contribution in [1.82, 2.24) is 14.8 Å². The van der Waals surface area contributed by atoms with E-state index in [1.54, 1.807) is 36.3 Å². The third-order valence-electron chi connectivity index (χ3n) is 4.57. The van der Waals surface area contributed by atoms with Crippen molar-refractivity contribution in [2.45, 2.75) is 12.8 Å². The zero-order valence-corrected chi connectivity index (χ0v) is 14.8. The van der Waals surface area contributed by atoms with Gasteiger partial charge in [-0.25, -0.2) is 0 Å². The van der Waals surface area contributed by atoms with Gasteiger partial charge in [0, 0.05) is 32.3 Å². The van der Waals surface area contributed by atoms with Gasteiger partial charge in [0.15, 0.2) is 5.76 Å². The van der Waals surface area contributed by atoms with E-state index in [1.807, 2.05) is 4.90 Å². The van der Waals surface area contributed by atoms with Crippen LogP contribution in [0.2, 0.25) is 0 Å². The first-order chi connectivity index (χ1) is 13.1. The molecule has 1 N–H and O–H groups in total. The molecule has 9 heteroatoms. The molecule has 0 radical (unpaired) electrons. The second-order valence-electron chi connectivity index (χ2n) is 6.42. The molecule has 4 heterocycles. The molecule has 4 rings (SSSR count). The number of piperidine rings is 1. The minimum Gasteiger partial charge on any atom is -0.459 e. The number of aromatic nitrogens is 3. The van der Waals surface area contributed by atoms with E-state index in [-0.39, 0.29) is 23.4 Å². The lowest BCUT2D eigenvalue weighted by molar-refractivity contribution is -0.120. The number of hydrogen-bond donors (Lipinski definition) is 1. The summed E-state index contributed by atoms with van der Waals surface area (Å²) in [4.78, 5) is 18.6. The molecule has 0 spiro atoms. The maximum Gasteiger partial charge on any atom is 0.266 e. The van der Waals surface area contributed by atoms with E-state index < -0.39 is 0 Å². The molecule has 1 aliphatic rings. The summed E-state index contributed by atoms with van der Waals surface area (Å²) in [7, 11) is 1.80. The number of carbonyl (C=O) groups is 1. The van der Waals surface area contributed by atoms with E-state index in [9.17, 15) is 10.1 Å². The van der Waals surface area contributed by atoms with Gasteiger partial charge in [0.2, 0.25) is 17.5 Å². The summed E-state index contributed by atoms with van der Waals surface area (Å²) in [6, 6.07) is 5.53. The molecule has 3 aromatic rings. The average Bonchev–Trinajstić information content (AvgIpc) is 3.42. The van der Waals surface area contributed by atoms with Gasteiger partial charge in [0.1, 0.15) is 6.07 Å². The van der Waals surface area contributed by atoms with Crippen LogP contribution in [0.15, 0.2) is 39.6 Å². The standard InChI is InChI=1S/C18H18N6O3/c1-23-11-13(10-20-23)21-16(25)12-4-6-24(7-5-12)18-14(9-19)22-17(27-18)15-3-2-8-26-15/h2-3,8,10-12H,4-7H2,1H3,(H,21,25). The van der Waals surface area contributed by atoms with Crippen molar-refractivity contribution in [2.24, 2.45) is 13.0 Å². The highest BCUT2D eigenvalue weighted by atomic mass is 16.4. The minimum atomic E-state index is -0.0977. The zero-order valence-electron chi connectivity index (χ0n) is 14.8. The van der Waals surface area contributed by atoms with Crippen LogP contribution >= 0.6 is 0 Å². The van der Waals surface area contributed by atoms with Gasteiger partial charge in [0.25, 0.3) is 5.89 Å². The number of nitrogens with zero attached hydrogens (tertiary/aromatic N) is 5. The lowest BCUT2D eigenvalue weighted by Crippen LogP contribution is -2.38. The van der Waals surface area contributed by atoms with Gasteiger partial charge in [-0.15, -0.1) is 0 Å². The molecule has 0 bridgehead atoms. The highest BCUT2D eigenvalue weighted by molar-refractivity contribution is 5.92. The first-order valence-electron chi connectivity index (χ1n) is 8.63. The van der Waals surface area contributed by atoms with Crippen molar-refractivity contribution in [3.8, 4) is 17.7 Å². The Bertz CT molecular complexity index is 973. The van der Waals surface area contributed by atoms with Crippen LogP contribution < -0.4 is 10.2 Å². The quantitative estimate of drug-likeness (QED) is 0.754. The summed E-state index contributed by atoms with van der Waals surface area (Å²) in [5, 5.41) is 16.3. The summed E-state index contributed by atoms with van der Waals surface area (Å²) >= 11 is 0. The van der Waals surface area contributed by atoms with Crippen LogP contribution in [0.25, 0.3) is 11.7 Å². The van der Waals surface area contributed by atoms with Gasteiger partial charge < -0.3 is 19.1 Å². The van der Waals surface area contributed by atoms with Crippen LogP contribution in [0, 0.1) is 17.2 Å². The number of hydrogen-bond acceptors (Lipinski definition) is 7. The van der Waals surface area contributed by atoms with Gasteiger partial charge in [-0.05, 0) is 25.0 Å². The zero-order chi connectivity index (χ0) is 18.8. The molecule has 27 heavy (non-hydrogen) atoms. The summed E-state index contributed by atoms with van der Waals surface area (Å²) < 4.78 is 12.7. The Morgan fingerprint density at radius 1 is 1.41 bits per heavy atom. The minimum absolute atomic E-state index is 0.0167. The fourth-order valence-corrected chi connectivity index (χ4v) is 3.18. The van der Waals surface area contributed by atoms with Gasteiger partial charge in [-0.3, -0.25) is 9.48 Å². The molecule has 9 nitrogen and oxygen atoms in total. The SMILES string of the molecule is Cn1cc(NC(=O)C2CCN(c3oc(-c4ccco4)nc3C#N)CC2)cn1. The average molecular weight is 366 g/mol. The highest BCUT2D eigenvalue weighted by Crippen LogP contribution is 2.31. The highest BCUT2D eigenvalue weighted by Gasteiger charge is 2.29. The molecule has 1 fully saturated rings. The van der Waals surface area contributed by atoms with Crippen molar-refractivity contribution in [3.63, 3.8) is 0 Å². The van der Waals surface area contributed by atoms with Crippen molar-refractivity contribution >= 4 is 17.5 Å². The number of carbonyl (C=O) groups excluding carboxylic acids is 1. The second-order valence-corrected chi connectivity index (χ2v) is 6.42. The predicted molar refractivity (Wildman–Crippen MR) is 95.7 cm³/mol. The number of nitrogens with one attached hydrogen (secondary N) is 1. The van der Waals surface area contributed by atoms with E-state index in [0.717, 1.165) is 0 Å². The lowest BCUT2D eigenvalue weighted by atomic mass is 9.96. The van der Waals surface area contributed by atoms with Gasteiger partial charge in [0.05, 0.1) is 18.1 Å². The molecule has 138 valence electrons. The summed E-state index contributed by atoms with van der Waals surface area (Å²) in [5.41, 5.74) is 0.912. The van der Waals surface area contributed by atoms with E-state index in [4.69, 9.17) is 8.83 Å². The lowest BCUT2D eigenvalue weighted by Gasteiger charge is -2.30. The van der Waals surface area contributed by atoms with Gasteiger partial charge >= 0.3 is 0 Å². The normalized spacial score (nSPS) is 14.9. The van der Waals surface area contributed by atoms with E-state index in [0.29, 0.717) is 43.3 Å². The van der Waals surface area contributed by atoms with Crippen LogP contribution in [0.4, 0.5) is 11.6 Å². The molecule has 0 aromatic carbocycles. The third kappa shape index (κ3) is 3.42. The summed E-state index contributed by atoms with van der Waals surface area (Å²) in [6.45, 7) is 1.21. The molecule has 0 saturated carbocycles. The first kappa shape index (κ1) is 16.9. The maximum atomic E-state index is 12.4. The van der Waals surface area contributed by atoms with Gasteiger partial charge in [-0.2, -0.15) is 15.3 Å². The Morgan fingerprint density at radius 2 is 2.22 bits per heavy atom. The molecule has 1 aliphatic heterocycles. The van der Waals surface area contributed by atoms with E-state index >= 15 is 0 Å². The Morgan fingerprint density at radius 3 is 2.85 bits per heavy atom. The third-order valence-corrected chi connectivity index (χ3v) is 4.57. The van der Waals surface area contributed by atoms with Crippen LogP contribution in [0.5, 0.6) is 0 Å². The van der Waals surface area contributed by atoms with Crippen LogP contribution in [0.1, 0.15) is 18.5 Å². The molecule has 0 aliphatic carbocycles. The molecular formula is C18H18N6O3. The smallest absolute Gasteiger partial charge is 0.266 e. The molecule has 1 amide bonds. The fraction of sp³-hybridized carbons (Fsp3) is 0.333. The number of anilines is 2. The number of oxazole rings is 1. The van der Waals surface area contributed by atoms with E-state index in [2.05, 4.69) is 21.5 Å². The number of nitriles is 1. The number of aryl methyl sites for hydroxylation is 1. The van der Waals surface area contributed by atoms with E-state index in [1.165, 1.54) is 6.26 Å². The van der Waals surface area contributed by atoms with Crippen LogP contribution in [-0.2, 0) is 11.8 Å². The number of rotatable bonds is 4. The predicted octanol–water partition coefficient (Wildman–Crippen LogP) is 2.39. The second kappa shape index (κ2) is 6.99. The van der Waals surface area contributed by atoms with Gasteiger partial charge in [-0.1, -0.05) is 0 Å². The Labute approximate surface area is 155 Å². The molecular weight excluding hydrogens is 348 g/mol.